The molecule has 0 radical (unpaired) electrons. The van der Waals surface area contributed by atoms with Crippen LogP contribution in [-0.2, 0) is 21.2 Å². The Bertz CT molecular complexity index is 819. The maximum atomic E-state index is 12.5. The van der Waals surface area contributed by atoms with Crippen LogP contribution < -0.4 is 10.0 Å². The number of amides is 1. The Kier molecular flexibility index (Phi) is 6.90. The van der Waals surface area contributed by atoms with E-state index in [4.69, 9.17) is 0 Å². The first-order valence-corrected chi connectivity index (χ1v) is 9.84. The van der Waals surface area contributed by atoms with Crippen LogP contribution in [0, 0.1) is 0 Å². The summed E-state index contributed by atoms with van der Waals surface area (Å²) in [7, 11) is 0.254. The molecule has 2 rings (SSSR count). The standard InChI is InChI=1S/C19H25N3O3S/c1-15(23)21-17-9-11-19(12-10-17)26(24,25)20-14-18(22(2)3)13-16-7-5-4-6-8-16/h4-12,18,20H,13-14H2,1-3H3,(H,21,23). The number of nitrogens with zero attached hydrogens (tertiary/aromatic N) is 1. The summed E-state index contributed by atoms with van der Waals surface area (Å²) in [6, 6.07) is 16.1. The summed E-state index contributed by atoms with van der Waals surface area (Å²) in [4.78, 5) is 13.2. The fourth-order valence-corrected chi connectivity index (χ4v) is 3.61. The number of likely N-dealkylation sites (N-methyl/N-ethyl adjacent to an activating group) is 1. The van der Waals surface area contributed by atoms with Gasteiger partial charge in [0.05, 0.1) is 4.90 Å². The molecular formula is C19H25N3O3S. The maximum Gasteiger partial charge on any atom is 0.240 e. The normalized spacial score (nSPS) is 12.8. The van der Waals surface area contributed by atoms with E-state index < -0.39 is 10.0 Å². The molecule has 0 aliphatic rings. The average molecular weight is 375 g/mol. The second-order valence-electron chi connectivity index (χ2n) is 6.36. The molecule has 0 fully saturated rings. The van der Waals surface area contributed by atoms with Crippen LogP contribution in [0.25, 0.3) is 0 Å². The van der Waals surface area contributed by atoms with Gasteiger partial charge >= 0.3 is 0 Å². The van der Waals surface area contributed by atoms with Crippen molar-refractivity contribution in [1.29, 1.82) is 0 Å². The number of anilines is 1. The van der Waals surface area contributed by atoms with Crippen molar-refractivity contribution < 1.29 is 13.2 Å². The second-order valence-corrected chi connectivity index (χ2v) is 8.13. The summed E-state index contributed by atoms with van der Waals surface area (Å²) in [5.74, 6) is -0.200. The molecule has 2 aromatic carbocycles. The first-order chi connectivity index (χ1) is 12.3. The van der Waals surface area contributed by atoms with Gasteiger partial charge in [-0.1, -0.05) is 30.3 Å². The van der Waals surface area contributed by atoms with Crippen molar-refractivity contribution in [1.82, 2.24) is 9.62 Å². The molecule has 2 N–H and O–H groups in total. The van der Waals surface area contributed by atoms with Crippen molar-refractivity contribution >= 4 is 21.6 Å². The summed E-state index contributed by atoms with van der Waals surface area (Å²) >= 11 is 0. The van der Waals surface area contributed by atoms with Crippen LogP contribution in [-0.4, -0.2) is 45.9 Å². The first kappa shape index (κ1) is 20.1. The highest BCUT2D eigenvalue weighted by Crippen LogP contribution is 2.14. The molecule has 0 aliphatic carbocycles. The van der Waals surface area contributed by atoms with Gasteiger partial charge in [-0.2, -0.15) is 0 Å². The minimum atomic E-state index is -3.62. The fourth-order valence-electron chi connectivity index (χ4n) is 2.53. The van der Waals surface area contributed by atoms with Crippen molar-refractivity contribution in [3.8, 4) is 0 Å². The first-order valence-electron chi connectivity index (χ1n) is 8.35. The third-order valence-electron chi connectivity index (χ3n) is 4.04. The van der Waals surface area contributed by atoms with Gasteiger partial charge in [0.1, 0.15) is 0 Å². The van der Waals surface area contributed by atoms with Crippen molar-refractivity contribution in [2.24, 2.45) is 0 Å². The number of nitrogens with one attached hydrogen (secondary N) is 2. The Labute approximate surface area is 155 Å². The van der Waals surface area contributed by atoms with Gasteiger partial charge in [0.2, 0.25) is 15.9 Å². The zero-order chi connectivity index (χ0) is 19.2. The van der Waals surface area contributed by atoms with Crippen molar-refractivity contribution in [2.45, 2.75) is 24.3 Å². The van der Waals surface area contributed by atoms with Crippen LogP contribution >= 0.6 is 0 Å². The van der Waals surface area contributed by atoms with Crippen LogP contribution in [0.3, 0.4) is 0 Å². The van der Waals surface area contributed by atoms with Crippen molar-refractivity contribution in [3.63, 3.8) is 0 Å². The largest absolute Gasteiger partial charge is 0.326 e. The summed E-state index contributed by atoms with van der Waals surface area (Å²) in [5.41, 5.74) is 1.72. The van der Waals surface area contributed by atoms with E-state index in [0.717, 1.165) is 12.0 Å². The predicted molar refractivity (Wildman–Crippen MR) is 104 cm³/mol. The van der Waals surface area contributed by atoms with Gasteiger partial charge in [-0.15, -0.1) is 0 Å². The Morgan fingerprint density at radius 1 is 1.04 bits per heavy atom. The van der Waals surface area contributed by atoms with Gasteiger partial charge in [0.25, 0.3) is 0 Å². The van der Waals surface area contributed by atoms with E-state index in [1.165, 1.54) is 19.1 Å². The fraction of sp³-hybridized carbons (Fsp3) is 0.316. The van der Waals surface area contributed by atoms with Gasteiger partial charge in [0, 0.05) is 25.2 Å². The number of hydrogen-bond acceptors (Lipinski definition) is 4. The zero-order valence-corrected chi connectivity index (χ0v) is 16.1. The van der Waals surface area contributed by atoms with Gasteiger partial charge < -0.3 is 10.2 Å². The lowest BCUT2D eigenvalue weighted by molar-refractivity contribution is -0.114. The molecule has 0 spiro atoms. The second kappa shape index (κ2) is 8.93. The highest BCUT2D eigenvalue weighted by atomic mass is 32.2. The van der Waals surface area contributed by atoms with Crippen molar-refractivity contribution in [3.05, 3.63) is 60.2 Å². The number of carbonyl (C=O) groups is 1. The summed E-state index contributed by atoms with van der Waals surface area (Å²) in [5, 5.41) is 2.62. The topological polar surface area (TPSA) is 78.5 Å². The van der Waals surface area contributed by atoms with Crippen LogP contribution in [0.4, 0.5) is 5.69 Å². The summed E-state index contributed by atoms with van der Waals surface area (Å²) in [6.07, 6.45) is 0.748. The molecule has 0 aliphatic heterocycles. The van der Waals surface area contributed by atoms with Crippen LogP contribution in [0.1, 0.15) is 12.5 Å². The zero-order valence-electron chi connectivity index (χ0n) is 15.3. The number of rotatable bonds is 8. The molecule has 0 heterocycles. The highest BCUT2D eigenvalue weighted by molar-refractivity contribution is 7.89. The van der Waals surface area contributed by atoms with Gasteiger partial charge in [-0.3, -0.25) is 4.79 Å². The van der Waals surface area contributed by atoms with Crippen LogP contribution in [0.15, 0.2) is 59.5 Å². The van der Waals surface area contributed by atoms with E-state index in [-0.39, 0.29) is 16.8 Å². The van der Waals surface area contributed by atoms with E-state index in [9.17, 15) is 13.2 Å². The maximum absolute atomic E-state index is 12.5. The molecule has 0 saturated carbocycles. The SMILES string of the molecule is CC(=O)Nc1ccc(S(=O)(=O)NCC(Cc2ccccc2)N(C)C)cc1. The third kappa shape index (κ3) is 5.94. The molecule has 26 heavy (non-hydrogen) atoms. The minimum absolute atomic E-state index is 0.0332. The van der Waals surface area contributed by atoms with Gasteiger partial charge in [-0.25, -0.2) is 13.1 Å². The third-order valence-corrected chi connectivity index (χ3v) is 5.48. The van der Waals surface area contributed by atoms with Gasteiger partial charge in [0.15, 0.2) is 0 Å². The molecule has 0 bridgehead atoms. The van der Waals surface area contributed by atoms with Crippen molar-refractivity contribution in [2.75, 3.05) is 26.0 Å². The molecule has 140 valence electrons. The average Bonchev–Trinajstić information content (AvgIpc) is 2.59. The number of hydrogen-bond donors (Lipinski definition) is 2. The Morgan fingerprint density at radius 3 is 2.19 bits per heavy atom. The molecule has 1 atom stereocenters. The van der Waals surface area contributed by atoms with E-state index >= 15 is 0 Å². The Hall–Kier alpha value is -2.22. The van der Waals surface area contributed by atoms with Crippen LogP contribution in [0.2, 0.25) is 0 Å². The molecule has 0 saturated heterocycles. The lowest BCUT2D eigenvalue weighted by atomic mass is 10.1. The smallest absolute Gasteiger partial charge is 0.240 e. The van der Waals surface area contributed by atoms with E-state index in [1.54, 1.807) is 12.1 Å². The molecule has 6 nitrogen and oxygen atoms in total. The lowest BCUT2D eigenvalue weighted by Crippen LogP contribution is -2.41. The predicted octanol–water partition coefficient (Wildman–Crippen LogP) is 2.10. The molecular weight excluding hydrogens is 350 g/mol. The molecule has 2 aromatic rings. The number of carbonyl (C=O) groups excluding carboxylic acids is 1. The van der Waals surface area contributed by atoms with Crippen LogP contribution in [0.5, 0.6) is 0 Å². The minimum Gasteiger partial charge on any atom is -0.326 e. The number of benzene rings is 2. The van der Waals surface area contributed by atoms with E-state index in [2.05, 4.69) is 10.0 Å². The Balaban J connectivity index is 2.03. The monoisotopic (exact) mass is 375 g/mol. The molecule has 0 aromatic heterocycles. The quantitative estimate of drug-likeness (QED) is 0.741. The van der Waals surface area contributed by atoms with Gasteiger partial charge in [-0.05, 0) is 50.3 Å². The Morgan fingerprint density at radius 2 is 1.65 bits per heavy atom. The van der Waals surface area contributed by atoms with E-state index in [0.29, 0.717) is 12.2 Å². The molecule has 7 heteroatoms. The highest BCUT2D eigenvalue weighted by Gasteiger charge is 2.18. The summed E-state index contributed by atoms with van der Waals surface area (Å²) < 4.78 is 27.7. The molecule has 1 unspecified atom stereocenters. The number of sulfonamides is 1. The van der Waals surface area contributed by atoms with E-state index in [1.807, 2.05) is 49.3 Å². The lowest BCUT2D eigenvalue weighted by Gasteiger charge is -2.24. The molecule has 1 amide bonds. The summed E-state index contributed by atoms with van der Waals surface area (Å²) in [6.45, 7) is 1.71.